The van der Waals surface area contributed by atoms with Crippen LogP contribution in [-0.2, 0) is 0 Å². The highest BCUT2D eigenvalue weighted by Gasteiger charge is 2.18. The first-order chi connectivity index (χ1) is 9.37. The summed E-state index contributed by atoms with van der Waals surface area (Å²) in [6.45, 7) is 9.47. The maximum atomic E-state index is 10.0. The van der Waals surface area contributed by atoms with E-state index in [4.69, 9.17) is 4.74 Å². The molecule has 0 aliphatic rings. The number of hydrogen-bond acceptors (Lipinski definition) is 6. The molecule has 6 heteroatoms. The molecule has 0 saturated carbocycles. The van der Waals surface area contributed by atoms with Gasteiger partial charge in [0.2, 0.25) is 5.75 Å². The van der Waals surface area contributed by atoms with Crippen molar-refractivity contribution in [1.82, 2.24) is 9.97 Å². The smallest absolute Gasteiger partial charge is 0.204 e. The third-order valence-electron chi connectivity index (χ3n) is 2.71. The first-order valence-electron chi connectivity index (χ1n) is 6.92. The Hall–Kier alpha value is -1.56. The molecule has 1 heterocycles. The molecule has 6 nitrogen and oxygen atoms in total. The van der Waals surface area contributed by atoms with Crippen molar-refractivity contribution in [2.24, 2.45) is 5.41 Å². The lowest BCUT2D eigenvalue weighted by Gasteiger charge is -2.23. The first-order valence-corrected chi connectivity index (χ1v) is 6.92. The number of ether oxygens (including phenoxy) is 1. The van der Waals surface area contributed by atoms with Crippen molar-refractivity contribution in [3.63, 3.8) is 0 Å². The number of anilines is 2. The van der Waals surface area contributed by atoms with E-state index < -0.39 is 6.10 Å². The van der Waals surface area contributed by atoms with Gasteiger partial charge in [-0.2, -0.15) is 0 Å². The minimum Gasteiger partial charge on any atom is -0.490 e. The van der Waals surface area contributed by atoms with E-state index in [2.05, 4.69) is 41.4 Å². The Morgan fingerprint density at radius 2 is 1.85 bits per heavy atom. The summed E-state index contributed by atoms with van der Waals surface area (Å²) in [6.07, 6.45) is 1.75. The van der Waals surface area contributed by atoms with Crippen LogP contribution in [0, 0.1) is 5.41 Å². The van der Waals surface area contributed by atoms with Crippen molar-refractivity contribution in [3.8, 4) is 5.75 Å². The number of aliphatic hydroxyl groups excluding tert-OH is 1. The zero-order valence-electron chi connectivity index (χ0n) is 13.0. The lowest BCUT2D eigenvalue weighted by atomic mass is 9.89. The first kappa shape index (κ1) is 16.5. The van der Waals surface area contributed by atoms with Gasteiger partial charge >= 0.3 is 0 Å². The average Bonchev–Trinajstić information content (AvgIpc) is 2.35. The molecule has 114 valence electrons. The van der Waals surface area contributed by atoms with Crippen LogP contribution in [0.4, 0.5) is 11.6 Å². The molecule has 3 N–H and O–H groups in total. The fraction of sp³-hybridized carbons (Fsp3) is 0.714. The van der Waals surface area contributed by atoms with Gasteiger partial charge in [-0.3, -0.25) is 0 Å². The third kappa shape index (κ3) is 5.21. The molecule has 0 aliphatic carbocycles. The Kier molecular flexibility index (Phi) is 6.01. The predicted octanol–water partition coefficient (Wildman–Crippen LogP) is 2.13. The van der Waals surface area contributed by atoms with Crippen LogP contribution in [0.2, 0.25) is 0 Å². The van der Waals surface area contributed by atoms with Gasteiger partial charge in [-0.15, -0.1) is 0 Å². The van der Waals surface area contributed by atoms with Crippen LogP contribution >= 0.6 is 0 Å². The Balaban J connectivity index is 2.70. The van der Waals surface area contributed by atoms with E-state index in [1.165, 1.54) is 6.33 Å². The van der Waals surface area contributed by atoms with E-state index in [9.17, 15) is 5.11 Å². The summed E-state index contributed by atoms with van der Waals surface area (Å²) in [5.41, 5.74) is 0.0891. The summed E-state index contributed by atoms with van der Waals surface area (Å²) >= 11 is 0. The monoisotopic (exact) mass is 282 g/mol. The van der Waals surface area contributed by atoms with Crippen molar-refractivity contribution < 1.29 is 9.84 Å². The Morgan fingerprint density at radius 1 is 1.25 bits per heavy atom. The van der Waals surface area contributed by atoms with E-state index in [-0.39, 0.29) is 5.41 Å². The van der Waals surface area contributed by atoms with Gasteiger partial charge in [-0.05, 0) is 18.8 Å². The Bertz CT molecular complexity index is 418. The van der Waals surface area contributed by atoms with Gasteiger partial charge in [-0.25, -0.2) is 9.97 Å². The second kappa shape index (κ2) is 7.28. The highest BCUT2D eigenvalue weighted by atomic mass is 16.5. The number of aliphatic hydroxyl groups is 1. The average molecular weight is 282 g/mol. The van der Waals surface area contributed by atoms with E-state index in [1.807, 2.05) is 6.92 Å². The predicted molar refractivity (Wildman–Crippen MR) is 81.3 cm³/mol. The van der Waals surface area contributed by atoms with Crippen LogP contribution in [0.5, 0.6) is 5.75 Å². The topological polar surface area (TPSA) is 79.3 Å². The van der Waals surface area contributed by atoms with Crippen LogP contribution in [0.3, 0.4) is 0 Å². The van der Waals surface area contributed by atoms with Gasteiger partial charge in [0.1, 0.15) is 6.33 Å². The number of hydrogen-bond donors (Lipinski definition) is 3. The normalized spacial score (nSPS) is 12.9. The summed E-state index contributed by atoms with van der Waals surface area (Å²) in [4.78, 5) is 8.30. The third-order valence-corrected chi connectivity index (χ3v) is 2.71. The molecule has 20 heavy (non-hydrogen) atoms. The zero-order valence-corrected chi connectivity index (χ0v) is 13.0. The van der Waals surface area contributed by atoms with Gasteiger partial charge < -0.3 is 20.5 Å². The number of methoxy groups -OCH3 is 1. The van der Waals surface area contributed by atoms with E-state index >= 15 is 0 Å². The molecule has 0 aliphatic heterocycles. The van der Waals surface area contributed by atoms with Crippen LogP contribution in [-0.4, -0.2) is 41.4 Å². The molecule has 1 aromatic rings. The number of rotatable bonds is 7. The molecule has 0 spiro atoms. The van der Waals surface area contributed by atoms with Gasteiger partial charge in [0.05, 0.1) is 13.2 Å². The van der Waals surface area contributed by atoms with Crippen LogP contribution < -0.4 is 15.4 Å². The van der Waals surface area contributed by atoms with Crippen molar-refractivity contribution in [3.05, 3.63) is 6.33 Å². The molecule has 0 radical (unpaired) electrons. The van der Waals surface area contributed by atoms with Gasteiger partial charge in [0.15, 0.2) is 11.6 Å². The molecule has 0 aromatic carbocycles. The fourth-order valence-electron chi connectivity index (χ4n) is 1.98. The highest BCUT2D eigenvalue weighted by Crippen LogP contribution is 2.29. The minimum atomic E-state index is -0.433. The SMILES string of the molecule is CCNc1ncnc(NCC(O)CC(C)(C)C)c1OC. The van der Waals surface area contributed by atoms with E-state index in [0.717, 1.165) is 6.54 Å². The fourth-order valence-corrected chi connectivity index (χ4v) is 1.98. The van der Waals surface area contributed by atoms with Crippen LogP contribution in [0.1, 0.15) is 34.1 Å². The van der Waals surface area contributed by atoms with E-state index in [0.29, 0.717) is 30.4 Å². The Labute approximate surface area is 121 Å². The van der Waals surface area contributed by atoms with Crippen molar-refractivity contribution in [2.75, 3.05) is 30.8 Å². The molecule has 0 bridgehead atoms. The van der Waals surface area contributed by atoms with Gasteiger partial charge in [-0.1, -0.05) is 20.8 Å². The second-order valence-electron chi connectivity index (χ2n) is 5.93. The van der Waals surface area contributed by atoms with Crippen LogP contribution in [0.15, 0.2) is 6.33 Å². The largest absolute Gasteiger partial charge is 0.490 e. The van der Waals surface area contributed by atoms with Crippen molar-refractivity contribution in [2.45, 2.75) is 40.2 Å². The van der Waals surface area contributed by atoms with Gasteiger partial charge in [0, 0.05) is 13.1 Å². The summed E-state index contributed by atoms with van der Waals surface area (Å²) in [5.74, 6) is 1.81. The lowest BCUT2D eigenvalue weighted by molar-refractivity contribution is 0.132. The number of nitrogens with zero attached hydrogens (tertiary/aromatic N) is 2. The summed E-state index contributed by atoms with van der Waals surface area (Å²) < 4.78 is 5.33. The Morgan fingerprint density at radius 3 is 2.35 bits per heavy atom. The maximum Gasteiger partial charge on any atom is 0.204 e. The summed E-state index contributed by atoms with van der Waals surface area (Å²) in [6, 6.07) is 0. The molecule has 1 rings (SSSR count). The second-order valence-corrected chi connectivity index (χ2v) is 5.93. The minimum absolute atomic E-state index is 0.0891. The summed E-state index contributed by atoms with van der Waals surface area (Å²) in [5, 5.41) is 16.3. The maximum absolute atomic E-state index is 10.0. The van der Waals surface area contributed by atoms with Crippen LogP contribution in [0.25, 0.3) is 0 Å². The molecule has 1 aromatic heterocycles. The molecular formula is C14H26N4O2. The lowest BCUT2D eigenvalue weighted by Crippen LogP contribution is -2.25. The van der Waals surface area contributed by atoms with Crippen molar-refractivity contribution >= 4 is 11.6 Å². The molecule has 0 saturated heterocycles. The quantitative estimate of drug-likeness (QED) is 0.711. The zero-order chi connectivity index (χ0) is 15.2. The number of nitrogens with one attached hydrogen (secondary N) is 2. The molecule has 0 amide bonds. The highest BCUT2D eigenvalue weighted by molar-refractivity contribution is 5.63. The van der Waals surface area contributed by atoms with Gasteiger partial charge in [0.25, 0.3) is 0 Å². The molecule has 1 atom stereocenters. The summed E-state index contributed by atoms with van der Waals surface area (Å²) in [7, 11) is 1.58. The number of aromatic nitrogens is 2. The molecule has 0 fully saturated rings. The standard InChI is InChI=1S/C14H26N4O2/c1-6-15-12-11(20-5)13(18-9-17-12)16-8-10(19)7-14(2,3)4/h9-10,19H,6-8H2,1-5H3,(H2,15,16,17,18). The molecular weight excluding hydrogens is 256 g/mol. The van der Waals surface area contributed by atoms with Crippen molar-refractivity contribution in [1.29, 1.82) is 0 Å². The van der Waals surface area contributed by atoms with E-state index in [1.54, 1.807) is 7.11 Å². The molecule has 1 unspecified atom stereocenters.